The first-order chi connectivity index (χ1) is 7.04. The lowest BCUT2D eigenvalue weighted by Gasteiger charge is -2.38. The Labute approximate surface area is 91.8 Å². The van der Waals surface area contributed by atoms with Crippen molar-refractivity contribution in [3.63, 3.8) is 0 Å². The predicted octanol–water partition coefficient (Wildman–Crippen LogP) is 2.38. The normalized spacial score (nSPS) is 38.6. The van der Waals surface area contributed by atoms with Crippen molar-refractivity contribution in [3.05, 3.63) is 0 Å². The Morgan fingerprint density at radius 1 is 1.40 bits per heavy atom. The van der Waals surface area contributed by atoms with E-state index in [1.165, 1.54) is 6.42 Å². The molecule has 0 amide bonds. The molecule has 0 radical (unpaired) electrons. The van der Waals surface area contributed by atoms with Gasteiger partial charge in [0, 0.05) is 18.5 Å². The molecule has 0 spiro atoms. The van der Waals surface area contributed by atoms with Crippen LogP contribution in [-0.2, 0) is 4.74 Å². The number of rotatable bonds is 3. The minimum Gasteiger partial charge on any atom is -0.374 e. The van der Waals surface area contributed by atoms with E-state index in [2.05, 4.69) is 11.8 Å². The summed E-state index contributed by atoms with van der Waals surface area (Å²) in [5.74, 6) is 0. The van der Waals surface area contributed by atoms with Gasteiger partial charge in [-0.2, -0.15) is 0 Å². The maximum absolute atomic E-state index is 13.5. The van der Waals surface area contributed by atoms with Crippen molar-refractivity contribution in [2.45, 2.75) is 64.0 Å². The van der Waals surface area contributed by atoms with Crippen LogP contribution in [0.5, 0.6) is 0 Å². The van der Waals surface area contributed by atoms with Crippen LogP contribution in [-0.4, -0.2) is 41.9 Å². The lowest BCUT2D eigenvalue weighted by molar-refractivity contribution is -0.0604. The fourth-order valence-electron chi connectivity index (χ4n) is 3.31. The second-order valence-corrected chi connectivity index (χ2v) is 5.28. The van der Waals surface area contributed by atoms with Gasteiger partial charge in [0.25, 0.3) is 0 Å². The van der Waals surface area contributed by atoms with Crippen LogP contribution in [0.25, 0.3) is 0 Å². The molecular weight excluding hydrogens is 193 g/mol. The highest BCUT2D eigenvalue weighted by Gasteiger charge is 2.52. The van der Waals surface area contributed by atoms with Gasteiger partial charge in [-0.05, 0) is 40.2 Å². The Morgan fingerprint density at radius 3 is 2.80 bits per heavy atom. The largest absolute Gasteiger partial charge is 0.374 e. The van der Waals surface area contributed by atoms with Crippen LogP contribution >= 0.6 is 0 Å². The Kier molecular flexibility index (Phi) is 3.04. The number of ether oxygens (including phenoxy) is 1. The molecule has 2 aliphatic rings. The molecule has 3 atom stereocenters. The number of halogens is 1. The molecule has 2 aliphatic heterocycles. The van der Waals surface area contributed by atoms with E-state index in [0.29, 0.717) is 13.0 Å². The summed E-state index contributed by atoms with van der Waals surface area (Å²) >= 11 is 0. The zero-order valence-corrected chi connectivity index (χ0v) is 10.0. The van der Waals surface area contributed by atoms with E-state index in [0.717, 1.165) is 13.0 Å². The second-order valence-electron chi connectivity index (χ2n) is 5.28. The summed E-state index contributed by atoms with van der Waals surface area (Å²) in [6.07, 6.45) is 2.69. The third-order valence-corrected chi connectivity index (χ3v) is 3.89. The average Bonchev–Trinajstić information content (AvgIpc) is 2.58. The minimum absolute atomic E-state index is 0.00366. The molecule has 2 fully saturated rings. The Bertz CT molecular complexity index is 234. The molecule has 0 bridgehead atoms. The minimum atomic E-state index is -0.650. The van der Waals surface area contributed by atoms with Crippen molar-refractivity contribution >= 4 is 0 Å². The summed E-state index contributed by atoms with van der Waals surface area (Å²) in [6, 6.07) is 0. The van der Waals surface area contributed by atoms with Crippen LogP contribution in [0, 0.1) is 0 Å². The molecule has 0 aromatic rings. The Morgan fingerprint density at radius 2 is 2.13 bits per heavy atom. The monoisotopic (exact) mass is 215 g/mol. The molecular formula is C12H22FNO. The molecule has 88 valence electrons. The third kappa shape index (κ3) is 1.92. The van der Waals surface area contributed by atoms with E-state index in [4.69, 9.17) is 4.74 Å². The average molecular weight is 215 g/mol. The SMILES string of the molecule is CC(C)OC(C)[C@@]12CCCN1CC(F)C2. The van der Waals surface area contributed by atoms with Gasteiger partial charge >= 0.3 is 0 Å². The van der Waals surface area contributed by atoms with Gasteiger partial charge in [0.15, 0.2) is 0 Å². The van der Waals surface area contributed by atoms with Gasteiger partial charge in [0.2, 0.25) is 0 Å². The van der Waals surface area contributed by atoms with Gasteiger partial charge in [0.1, 0.15) is 6.17 Å². The van der Waals surface area contributed by atoms with Crippen molar-refractivity contribution in [1.29, 1.82) is 0 Å². The Balaban J connectivity index is 2.09. The van der Waals surface area contributed by atoms with E-state index in [1.54, 1.807) is 0 Å². The molecule has 2 nitrogen and oxygen atoms in total. The first-order valence-corrected chi connectivity index (χ1v) is 6.09. The highest BCUT2D eigenvalue weighted by atomic mass is 19.1. The molecule has 0 aliphatic carbocycles. The van der Waals surface area contributed by atoms with Crippen LogP contribution in [0.1, 0.15) is 40.0 Å². The molecule has 0 aromatic heterocycles. The number of hydrogen-bond donors (Lipinski definition) is 0. The highest BCUT2D eigenvalue weighted by molar-refractivity contribution is 5.07. The van der Waals surface area contributed by atoms with E-state index in [1.807, 2.05) is 13.8 Å². The van der Waals surface area contributed by atoms with Gasteiger partial charge in [-0.1, -0.05) is 0 Å². The molecule has 2 rings (SSSR count). The fraction of sp³-hybridized carbons (Fsp3) is 1.00. The molecule has 2 heterocycles. The fourth-order valence-corrected chi connectivity index (χ4v) is 3.31. The summed E-state index contributed by atoms with van der Waals surface area (Å²) in [7, 11) is 0. The third-order valence-electron chi connectivity index (χ3n) is 3.89. The molecule has 2 saturated heterocycles. The summed E-state index contributed by atoms with van der Waals surface area (Å²) in [6.45, 7) is 7.87. The van der Waals surface area contributed by atoms with Crippen molar-refractivity contribution < 1.29 is 9.13 Å². The Hall–Kier alpha value is -0.150. The summed E-state index contributed by atoms with van der Waals surface area (Å²) in [5, 5.41) is 0. The summed E-state index contributed by atoms with van der Waals surface area (Å²) in [4.78, 5) is 2.31. The van der Waals surface area contributed by atoms with Crippen molar-refractivity contribution in [3.8, 4) is 0 Å². The smallest absolute Gasteiger partial charge is 0.115 e. The lowest BCUT2D eigenvalue weighted by atomic mass is 9.88. The molecule has 3 heteroatoms. The molecule has 2 unspecified atom stereocenters. The summed E-state index contributed by atoms with van der Waals surface area (Å²) < 4.78 is 19.4. The number of nitrogens with zero attached hydrogens (tertiary/aromatic N) is 1. The van der Waals surface area contributed by atoms with Crippen molar-refractivity contribution in [2.24, 2.45) is 0 Å². The second kappa shape index (κ2) is 4.02. The van der Waals surface area contributed by atoms with Crippen LogP contribution in [0.2, 0.25) is 0 Å². The standard InChI is InChI=1S/C12H22FNO/c1-9(2)15-10(3)12-5-4-6-14(12)8-11(13)7-12/h9-11H,4-8H2,1-3H3/t10?,11?,12-/m0/s1. The first kappa shape index (κ1) is 11.3. The zero-order chi connectivity index (χ0) is 11.1. The topological polar surface area (TPSA) is 12.5 Å². The van der Waals surface area contributed by atoms with Crippen LogP contribution in [0.3, 0.4) is 0 Å². The molecule has 0 aromatic carbocycles. The van der Waals surface area contributed by atoms with Crippen LogP contribution < -0.4 is 0 Å². The van der Waals surface area contributed by atoms with Crippen LogP contribution in [0.15, 0.2) is 0 Å². The van der Waals surface area contributed by atoms with Crippen molar-refractivity contribution in [1.82, 2.24) is 4.90 Å². The molecule has 15 heavy (non-hydrogen) atoms. The van der Waals surface area contributed by atoms with E-state index in [9.17, 15) is 4.39 Å². The van der Waals surface area contributed by atoms with Gasteiger partial charge in [-0.15, -0.1) is 0 Å². The van der Waals surface area contributed by atoms with Crippen molar-refractivity contribution in [2.75, 3.05) is 13.1 Å². The first-order valence-electron chi connectivity index (χ1n) is 6.09. The van der Waals surface area contributed by atoms with Crippen LogP contribution in [0.4, 0.5) is 4.39 Å². The van der Waals surface area contributed by atoms with Gasteiger partial charge < -0.3 is 4.74 Å². The number of alkyl halides is 1. The highest BCUT2D eigenvalue weighted by Crippen LogP contribution is 2.43. The van der Waals surface area contributed by atoms with Gasteiger partial charge in [0.05, 0.1) is 12.2 Å². The van der Waals surface area contributed by atoms with E-state index in [-0.39, 0.29) is 17.7 Å². The number of hydrogen-bond acceptors (Lipinski definition) is 2. The van der Waals surface area contributed by atoms with E-state index >= 15 is 0 Å². The molecule has 0 N–H and O–H groups in total. The summed E-state index contributed by atoms with van der Waals surface area (Å²) in [5.41, 5.74) is 0.00366. The predicted molar refractivity (Wildman–Crippen MR) is 58.7 cm³/mol. The maximum Gasteiger partial charge on any atom is 0.115 e. The number of fused-ring (bicyclic) bond motifs is 1. The lowest BCUT2D eigenvalue weighted by Crippen LogP contribution is -2.49. The van der Waals surface area contributed by atoms with E-state index < -0.39 is 6.17 Å². The zero-order valence-electron chi connectivity index (χ0n) is 10.0. The maximum atomic E-state index is 13.5. The van der Waals surface area contributed by atoms with Gasteiger partial charge in [-0.25, -0.2) is 4.39 Å². The molecule has 0 saturated carbocycles. The quantitative estimate of drug-likeness (QED) is 0.716. The van der Waals surface area contributed by atoms with Gasteiger partial charge in [-0.3, -0.25) is 4.90 Å².